The lowest BCUT2D eigenvalue weighted by Crippen LogP contribution is -2.48. The van der Waals surface area contributed by atoms with Crippen molar-refractivity contribution in [2.45, 2.75) is 53.6 Å². The van der Waals surface area contributed by atoms with Crippen LogP contribution in [0.3, 0.4) is 0 Å². The van der Waals surface area contributed by atoms with Crippen LogP contribution < -0.4 is 9.47 Å². The van der Waals surface area contributed by atoms with Crippen LogP contribution in [0, 0.1) is 27.7 Å². The molecule has 0 radical (unpaired) electrons. The van der Waals surface area contributed by atoms with E-state index in [2.05, 4.69) is 212 Å². The molecule has 76 heavy (non-hydrogen) atoms. The van der Waals surface area contributed by atoms with Gasteiger partial charge in [-0.15, -0.1) is 10.2 Å². The molecule has 0 aliphatic carbocycles. The first-order valence-electron chi connectivity index (χ1n) is 26.8. The molecule has 2 aromatic heterocycles. The van der Waals surface area contributed by atoms with E-state index in [-0.39, 0.29) is 12.1 Å². The van der Waals surface area contributed by atoms with Gasteiger partial charge in [-0.25, -0.2) is 0 Å². The van der Waals surface area contributed by atoms with Crippen LogP contribution in [0.1, 0.15) is 82.1 Å². The highest BCUT2D eigenvalue weighted by Gasteiger charge is 2.33. The molecule has 10 rings (SSSR count). The quantitative estimate of drug-likeness (QED) is 0.0814. The summed E-state index contributed by atoms with van der Waals surface area (Å²) in [5.41, 5.74) is 11.5. The number of aryl methyl sites for hydroxylation is 4. The van der Waals surface area contributed by atoms with E-state index < -0.39 is 0 Å². The summed E-state index contributed by atoms with van der Waals surface area (Å²) >= 11 is 0. The molecule has 0 amide bonds. The van der Waals surface area contributed by atoms with E-state index in [1.165, 1.54) is 11.1 Å². The Bertz CT molecular complexity index is 2850. The van der Waals surface area contributed by atoms with E-state index >= 15 is 0 Å². The van der Waals surface area contributed by atoms with Crippen molar-refractivity contribution in [2.75, 3.05) is 78.7 Å². The molecule has 6 aromatic carbocycles. The normalized spacial score (nSPS) is 15.7. The highest BCUT2D eigenvalue weighted by molar-refractivity contribution is 5.51. The maximum Gasteiger partial charge on any atom is 0.178 e. The molecule has 0 bridgehead atoms. The Balaban J connectivity index is 0.000000186. The topological polar surface area (TPSA) is 119 Å². The van der Waals surface area contributed by atoms with E-state index in [0.717, 1.165) is 133 Å². The molecule has 14 nitrogen and oxygen atoms in total. The molecule has 8 aromatic rings. The Morgan fingerprint density at radius 3 is 1.13 bits per heavy atom. The monoisotopic (exact) mass is 1020 g/mol. The summed E-state index contributed by atoms with van der Waals surface area (Å²) in [5.74, 6) is 3.42. The van der Waals surface area contributed by atoms with E-state index in [0.29, 0.717) is 13.2 Å². The van der Waals surface area contributed by atoms with Gasteiger partial charge in [0, 0.05) is 65.4 Å². The van der Waals surface area contributed by atoms with Gasteiger partial charge in [0.05, 0.1) is 36.7 Å². The zero-order chi connectivity index (χ0) is 52.6. The molecule has 0 unspecified atom stereocenters. The van der Waals surface area contributed by atoms with Crippen LogP contribution in [0.5, 0.6) is 11.5 Å². The number of ether oxygens (including phenoxy) is 2. The maximum atomic E-state index is 5.71. The molecule has 0 spiro atoms. The molecule has 2 saturated heterocycles. The Morgan fingerprint density at radius 1 is 0.434 bits per heavy atom. The third-order valence-corrected chi connectivity index (χ3v) is 14.3. The van der Waals surface area contributed by atoms with Gasteiger partial charge in [0.1, 0.15) is 11.5 Å². The third-order valence-electron chi connectivity index (χ3n) is 14.3. The second kappa shape index (κ2) is 26.2. The summed E-state index contributed by atoms with van der Waals surface area (Å²) in [6.07, 6.45) is 8.93. The van der Waals surface area contributed by atoms with Crippen LogP contribution in [0.2, 0.25) is 0 Å². The summed E-state index contributed by atoms with van der Waals surface area (Å²) in [5, 5.41) is 26.4. The second-order valence-corrected chi connectivity index (χ2v) is 19.5. The molecule has 14 heteroatoms. The summed E-state index contributed by atoms with van der Waals surface area (Å²) < 4.78 is 15.3. The Labute approximate surface area is 448 Å². The fraction of sp³-hybridized carbons (Fsp3) is 0.323. The lowest BCUT2D eigenvalue weighted by Gasteiger charge is -2.38. The van der Waals surface area contributed by atoms with Crippen LogP contribution in [0.4, 0.5) is 0 Å². The number of piperazine rings is 2. The smallest absolute Gasteiger partial charge is 0.178 e. The Hall–Kier alpha value is -7.62. The summed E-state index contributed by atoms with van der Waals surface area (Å²) in [4.78, 5) is 10.0. The molecule has 0 N–H and O–H groups in total. The number of nitrogens with zero attached hydrogens (tertiary/aromatic N) is 12. The fourth-order valence-electron chi connectivity index (χ4n) is 10.4. The van der Waals surface area contributed by atoms with Crippen molar-refractivity contribution in [3.8, 4) is 22.9 Å². The predicted molar refractivity (Wildman–Crippen MR) is 303 cm³/mol. The average Bonchev–Trinajstić information content (AvgIpc) is 4.13. The molecule has 4 heterocycles. The van der Waals surface area contributed by atoms with E-state index in [4.69, 9.17) is 9.47 Å². The number of para-hydroxylation sites is 2. The number of benzene rings is 6. The lowest BCUT2D eigenvalue weighted by molar-refractivity contribution is 0.113. The van der Waals surface area contributed by atoms with E-state index in [1.807, 2.05) is 59.6 Å². The zero-order valence-electron chi connectivity index (χ0n) is 45.0. The number of rotatable bonds is 18. The molecule has 392 valence electrons. The van der Waals surface area contributed by atoms with Crippen molar-refractivity contribution in [3.05, 3.63) is 214 Å². The second-order valence-electron chi connectivity index (χ2n) is 19.5. The lowest BCUT2D eigenvalue weighted by atomic mass is 10.0. The van der Waals surface area contributed by atoms with Gasteiger partial charge in [0.15, 0.2) is 11.6 Å². The molecule has 0 saturated carbocycles. The molecule has 2 aliphatic heterocycles. The maximum absolute atomic E-state index is 5.71. The average molecular weight is 1020 g/mol. The molecule has 2 atom stereocenters. The molecule has 2 fully saturated rings. The summed E-state index contributed by atoms with van der Waals surface area (Å²) in [6, 6.07) is 50.2. The Kier molecular flexibility index (Phi) is 18.4. The first-order chi connectivity index (χ1) is 37.3. The van der Waals surface area contributed by atoms with Crippen LogP contribution in [-0.2, 0) is 0 Å². The highest BCUT2D eigenvalue weighted by atomic mass is 16.5. The molecular weight excluding hydrogens is 945 g/mol. The molecule has 2 aliphatic rings. The first kappa shape index (κ1) is 53.2. The van der Waals surface area contributed by atoms with Gasteiger partial charge in [-0.05, 0) is 131 Å². The van der Waals surface area contributed by atoms with Crippen LogP contribution in [0.15, 0.2) is 158 Å². The van der Waals surface area contributed by atoms with Gasteiger partial charge in [-0.3, -0.25) is 19.6 Å². The van der Waals surface area contributed by atoms with Gasteiger partial charge in [0.2, 0.25) is 0 Å². The van der Waals surface area contributed by atoms with Crippen molar-refractivity contribution < 1.29 is 9.47 Å². The number of tetrazole rings is 2. The van der Waals surface area contributed by atoms with Crippen molar-refractivity contribution in [2.24, 2.45) is 0 Å². The number of aromatic nitrogens is 8. The Morgan fingerprint density at radius 2 is 0.789 bits per heavy atom. The minimum Gasteiger partial charge on any atom is -0.494 e. The van der Waals surface area contributed by atoms with Crippen LogP contribution >= 0.6 is 0 Å². The minimum absolute atomic E-state index is 0.0679. The largest absolute Gasteiger partial charge is 0.494 e. The highest BCUT2D eigenvalue weighted by Crippen LogP contribution is 2.34. The van der Waals surface area contributed by atoms with Crippen molar-refractivity contribution >= 4 is 12.2 Å². The standard InChI is InChI=1S/2C31H36N6O/c2*1-4-38-28-17-15-27(16-18-28)30(31-32-33-34-37(31)29-24(2)10-8-11-25(29)3)36-22-20-35(21-23-36)19-9-14-26-12-6-5-7-13-26/h2*5-18,30H,4,19-23H2,1-3H3/b2*14-9+/t2*30-/m10/s1. The molecular formula is C62H72N12O2. The van der Waals surface area contributed by atoms with Gasteiger partial charge in [0.25, 0.3) is 0 Å². The van der Waals surface area contributed by atoms with Gasteiger partial charge in [-0.1, -0.05) is 146 Å². The predicted octanol–water partition coefficient (Wildman–Crippen LogP) is 10.2. The summed E-state index contributed by atoms with van der Waals surface area (Å²) in [7, 11) is 0. The van der Waals surface area contributed by atoms with Crippen molar-refractivity contribution in [1.29, 1.82) is 0 Å². The van der Waals surface area contributed by atoms with Crippen molar-refractivity contribution in [3.63, 3.8) is 0 Å². The summed E-state index contributed by atoms with van der Waals surface area (Å²) in [6.45, 7) is 23.3. The third kappa shape index (κ3) is 13.2. The van der Waals surface area contributed by atoms with Crippen molar-refractivity contribution in [1.82, 2.24) is 60.0 Å². The van der Waals surface area contributed by atoms with Gasteiger partial charge < -0.3 is 9.47 Å². The van der Waals surface area contributed by atoms with Crippen LogP contribution in [0.25, 0.3) is 23.5 Å². The van der Waals surface area contributed by atoms with Gasteiger partial charge >= 0.3 is 0 Å². The van der Waals surface area contributed by atoms with Gasteiger partial charge in [-0.2, -0.15) is 9.36 Å². The van der Waals surface area contributed by atoms with Crippen LogP contribution in [-0.4, -0.2) is 139 Å². The minimum atomic E-state index is -0.0679. The number of hydrogen-bond acceptors (Lipinski definition) is 12. The fourth-order valence-corrected chi connectivity index (χ4v) is 10.4. The van der Waals surface area contributed by atoms with E-state index in [9.17, 15) is 0 Å². The first-order valence-corrected chi connectivity index (χ1v) is 26.8. The van der Waals surface area contributed by atoms with E-state index in [1.54, 1.807) is 0 Å². The number of hydrogen-bond donors (Lipinski definition) is 0. The SMILES string of the molecule is CCOc1ccc([C@@H](c2nnnn2-c2c(C)cccc2C)N2CCN(C/C=C/c3ccccc3)CC2)cc1.CCOc1ccc([C@H](c2nnnn2-c2c(C)cccc2C)N2CCN(C/C=C/c3ccccc3)CC2)cc1. The zero-order valence-corrected chi connectivity index (χ0v) is 45.0.